The number of carbonyl (C=O) groups excluding carboxylic acids is 1. The van der Waals surface area contributed by atoms with Gasteiger partial charge in [0.15, 0.2) is 0 Å². The fourth-order valence-corrected chi connectivity index (χ4v) is 1.12. The predicted molar refractivity (Wildman–Crippen MR) is 54.1 cm³/mol. The van der Waals surface area contributed by atoms with E-state index in [0.717, 1.165) is 0 Å². The number of ether oxygens (including phenoxy) is 2. The molecule has 0 bridgehead atoms. The molecule has 2 aliphatic rings. The number of carbonyl (C=O) groups is 1. The highest BCUT2D eigenvalue weighted by atomic mass is 35.5. The van der Waals surface area contributed by atoms with Crippen LogP contribution < -0.4 is 0 Å². The topological polar surface area (TPSA) is 35.5 Å². The minimum atomic E-state index is -0.920. The fraction of sp³-hybridized carbons (Fsp3) is 0.300. The van der Waals surface area contributed by atoms with E-state index in [1.165, 1.54) is 25.3 Å². The number of benzene rings is 1. The minimum Gasteiger partial charge on any atom is -0.348 e. The Morgan fingerprint density at radius 3 is 1.50 bits per heavy atom. The molecular formula is C10H11ClO3. The summed E-state index contributed by atoms with van der Waals surface area (Å²) in [6.45, 7) is 0. The van der Waals surface area contributed by atoms with Crippen LogP contribution in [0.2, 0.25) is 0 Å². The summed E-state index contributed by atoms with van der Waals surface area (Å²) in [6.07, 6.45) is -0.920. The summed E-state index contributed by atoms with van der Waals surface area (Å²) in [7, 11) is 2.68. The van der Waals surface area contributed by atoms with Crippen LogP contribution >= 0.6 is 11.6 Å². The lowest BCUT2D eigenvalue weighted by Crippen LogP contribution is -2.19. The Hall–Kier alpha value is -0.900. The number of fused-ring (bicyclic) bond motifs is 1. The molecule has 2 rings (SSSR count). The molecular weight excluding hydrogens is 204 g/mol. The van der Waals surface area contributed by atoms with Gasteiger partial charge in [-0.2, -0.15) is 0 Å². The Morgan fingerprint density at radius 1 is 1.14 bits per heavy atom. The number of halogens is 1. The van der Waals surface area contributed by atoms with Crippen LogP contribution in [0.25, 0.3) is 11.1 Å². The van der Waals surface area contributed by atoms with Gasteiger partial charge in [-0.3, -0.25) is 4.79 Å². The summed E-state index contributed by atoms with van der Waals surface area (Å²) in [6, 6.07) is 8.48. The van der Waals surface area contributed by atoms with Crippen molar-refractivity contribution in [2.75, 3.05) is 14.2 Å². The molecule has 0 aromatic rings. The molecule has 0 fully saturated rings. The van der Waals surface area contributed by atoms with E-state index in [1.807, 2.05) is 0 Å². The van der Waals surface area contributed by atoms with Crippen LogP contribution in [-0.4, -0.2) is 25.8 Å². The Morgan fingerprint density at radius 2 is 1.50 bits per heavy atom. The third kappa shape index (κ3) is 2.54. The maximum absolute atomic E-state index is 10.1. The Labute approximate surface area is 87.6 Å². The summed E-state index contributed by atoms with van der Waals surface area (Å²) in [5.41, 5.74) is 2.85. The molecule has 3 nitrogen and oxygen atoms in total. The molecule has 0 saturated heterocycles. The zero-order valence-corrected chi connectivity index (χ0v) is 8.75. The van der Waals surface area contributed by atoms with Gasteiger partial charge in [0, 0.05) is 14.2 Å². The van der Waals surface area contributed by atoms with Crippen LogP contribution in [0.4, 0.5) is 0 Å². The first-order valence-corrected chi connectivity index (χ1v) is 4.42. The molecule has 0 atom stereocenters. The fourth-order valence-electron chi connectivity index (χ4n) is 0.944. The number of hydrogen-bond acceptors (Lipinski definition) is 3. The van der Waals surface area contributed by atoms with E-state index in [2.05, 4.69) is 33.7 Å². The number of methoxy groups -OCH3 is 2. The molecule has 76 valence electrons. The first kappa shape index (κ1) is 11.2. The first-order chi connectivity index (χ1) is 6.69. The smallest absolute Gasteiger partial charge is 0.278 e. The van der Waals surface area contributed by atoms with Crippen molar-refractivity contribution in [1.82, 2.24) is 0 Å². The van der Waals surface area contributed by atoms with E-state index < -0.39 is 11.5 Å². The van der Waals surface area contributed by atoms with Crippen molar-refractivity contribution in [3.8, 4) is 11.1 Å². The summed E-state index contributed by atoms with van der Waals surface area (Å²) in [4.78, 5) is 10.1. The van der Waals surface area contributed by atoms with E-state index in [1.54, 1.807) is 0 Å². The molecule has 0 aliphatic heterocycles. The van der Waals surface area contributed by atoms with Gasteiger partial charge in [-0.25, -0.2) is 0 Å². The molecule has 0 aromatic heterocycles. The van der Waals surface area contributed by atoms with Crippen molar-refractivity contribution in [1.29, 1.82) is 0 Å². The van der Waals surface area contributed by atoms with Crippen LogP contribution in [-0.2, 0) is 14.3 Å². The lowest BCUT2D eigenvalue weighted by molar-refractivity contribution is -0.147. The van der Waals surface area contributed by atoms with E-state index in [4.69, 9.17) is 11.6 Å². The molecule has 2 aliphatic carbocycles. The highest BCUT2D eigenvalue weighted by molar-refractivity contribution is 6.64. The largest absolute Gasteiger partial charge is 0.348 e. The van der Waals surface area contributed by atoms with Crippen LogP contribution in [0.15, 0.2) is 24.3 Å². The van der Waals surface area contributed by atoms with Gasteiger partial charge in [0.05, 0.1) is 0 Å². The third-order valence-corrected chi connectivity index (χ3v) is 2.01. The average molecular weight is 215 g/mol. The van der Waals surface area contributed by atoms with Crippen molar-refractivity contribution < 1.29 is 14.3 Å². The Bertz CT molecular complexity index is 283. The summed E-state index contributed by atoms with van der Waals surface area (Å²) in [5.74, 6) is 0. The van der Waals surface area contributed by atoms with Crippen LogP contribution in [0.5, 0.6) is 0 Å². The highest BCUT2D eigenvalue weighted by Gasteiger charge is 2.11. The predicted octanol–water partition coefficient (Wildman–Crippen LogP) is 2.04. The molecule has 14 heavy (non-hydrogen) atoms. The lowest BCUT2D eigenvalue weighted by atomic mass is 9.95. The van der Waals surface area contributed by atoms with Crippen LogP contribution in [0.3, 0.4) is 0 Å². The van der Waals surface area contributed by atoms with Crippen molar-refractivity contribution >= 4 is 16.8 Å². The maximum atomic E-state index is 10.1. The monoisotopic (exact) mass is 214 g/mol. The first-order valence-electron chi connectivity index (χ1n) is 4.04. The molecule has 0 spiro atoms. The molecule has 0 radical (unpaired) electrons. The lowest BCUT2D eigenvalue weighted by Gasteiger charge is -2.10. The van der Waals surface area contributed by atoms with E-state index in [-0.39, 0.29) is 0 Å². The van der Waals surface area contributed by atoms with Crippen molar-refractivity contribution in [3.63, 3.8) is 0 Å². The average Bonchev–Trinajstić information content (AvgIpc) is 2.14. The molecule has 0 aromatic carbocycles. The molecule has 0 unspecified atom stereocenters. The van der Waals surface area contributed by atoms with E-state index in [9.17, 15) is 4.79 Å². The second-order valence-corrected chi connectivity index (χ2v) is 3.06. The van der Waals surface area contributed by atoms with Gasteiger partial charge < -0.3 is 9.47 Å². The van der Waals surface area contributed by atoms with Gasteiger partial charge in [-0.15, -0.1) is 0 Å². The molecule has 4 heteroatoms. The third-order valence-electron chi connectivity index (χ3n) is 1.83. The molecule has 0 N–H and O–H groups in total. The van der Waals surface area contributed by atoms with Gasteiger partial charge >= 0.3 is 0 Å². The van der Waals surface area contributed by atoms with Gasteiger partial charge in [-0.05, 0) is 22.7 Å². The number of rotatable bonds is 3. The van der Waals surface area contributed by atoms with Gasteiger partial charge in [-0.1, -0.05) is 24.3 Å². The zero-order chi connectivity index (χ0) is 10.6. The normalized spacial score (nSPS) is 10.6. The summed E-state index contributed by atoms with van der Waals surface area (Å²) < 4.78 is 8.91. The van der Waals surface area contributed by atoms with Crippen LogP contribution in [0, 0.1) is 0 Å². The second kappa shape index (κ2) is 5.10. The van der Waals surface area contributed by atoms with E-state index >= 15 is 0 Å². The van der Waals surface area contributed by atoms with Gasteiger partial charge in [0.1, 0.15) is 0 Å². The zero-order valence-electron chi connectivity index (χ0n) is 7.99. The van der Waals surface area contributed by atoms with Crippen LogP contribution in [0.1, 0.15) is 0 Å². The van der Waals surface area contributed by atoms with Crippen molar-refractivity contribution in [2.45, 2.75) is 6.29 Å². The standard InChI is InChI=1S/C6H4.C4H7ClO3/c1-2-6-4-3-5(1)6;1-7-4(8-2)3(5)6/h1-4H;4H,1-2H3. The second-order valence-electron chi connectivity index (χ2n) is 2.68. The van der Waals surface area contributed by atoms with Gasteiger partial charge in [0.2, 0.25) is 6.29 Å². The Balaban J connectivity index is 0.000000143. The summed E-state index contributed by atoms with van der Waals surface area (Å²) in [5, 5.41) is -0.644. The maximum Gasteiger partial charge on any atom is 0.278 e. The SMILES string of the molecule is COC(OC)C(=O)Cl.c1cc2ccc1-2. The Kier molecular flexibility index (Phi) is 4.07. The van der Waals surface area contributed by atoms with E-state index in [0.29, 0.717) is 0 Å². The summed E-state index contributed by atoms with van der Waals surface area (Å²) >= 11 is 4.96. The highest BCUT2D eigenvalue weighted by Crippen LogP contribution is 2.29. The van der Waals surface area contributed by atoms with Gasteiger partial charge in [0.25, 0.3) is 5.24 Å². The van der Waals surface area contributed by atoms with Crippen molar-refractivity contribution in [3.05, 3.63) is 24.3 Å². The van der Waals surface area contributed by atoms with Crippen molar-refractivity contribution in [2.24, 2.45) is 0 Å². The quantitative estimate of drug-likeness (QED) is 0.580. The number of hydrogen-bond donors (Lipinski definition) is 0. The molecule has 0 amide bonds. The minimum absolute atomic E-state index is 0.644. The molecule has 0 heterocycles. The molecule has 0 saturated carbocycles.